The lowest BCUT2D eigenvalue weighted by atomic mass is 10.0. The van der Waals surface area contributed by atoms with Gasteiger partial charge in [-0.05, 0) is 48.2 Å². The second-order valence-electron chi connectivity index (χ2n) is 6.03. The van der Waals surface area contributed by atoms with Crippen LogP contribution >= 0.6 is 0 Å². The van der Waals surface area contributed by atoms with Gasteiger partial charge in [-0.15, -0.1) is 0 Å². The molecule has 0 aromatic heterocycles. The van der Waals surface area contributed by atoms with Crippen LogP contribution in [0.15, 0.2) is 47.4 Å². The van der Waals surface area contributed by atoms with E-state index in [9.17, 15) is 13.2 Å². The van der Waals surface area contributed by atoms with Gasteiger partial charge in [-0.1, -0.05) is 32.0 Å². The van der Waals surface area contributed by atoms with Crippen molar-refractivity contribution in [2.24, 2.45) is 0 Å². The number of benzene rings is 2. The summed E-state index contributed by atoms with van der Waals surface area (Å²) in [6.45, 7) is 4.09. The summed E-state index contributed by atoms with van der Waals surface area (Å²) >= 11 is 0. The molecule has 0 radical (unpaired) electrons. The number of methoxy groups -OCH3 is 1. The quantitative estimate of drug-likeness (QED) is 0.689. The van der Waals surface area contributed by atoms with E-state index in [2.05, 4.69) is 10.0 Å². The first-order chi connectivity index (χ1) is 12.9. The maximum atomic E-state index is 12.3. The molecule has 2 aromatic carbocycles. The van der Waals surface area contributed by atoms with Crippen molar-refractivity contribution < 1.29 is 17.9 Å². The number of nitrogens with one attached hydrogen (secondary N) is 2. The fourth-order valence-corrected chi connectivity index (χ4v) is 3.77. The van der Waals surface area contributed by atoms with Gasteiger partial charge in [-0.25, -0.2) is 13.1 Å². The lowest BCUT2D eigenvalue weighted by Crippen LogP contribution is -2.28. The van der Waals surface area contributed by atoms with Gasteiger partial charge in [-0.2, -0.15) is 0 Å². The van der Waals surface area contributed by atoms with Crippen LogP contribution in [-0.2, 0) is 27.7 Å². The third-order valence-electron chi connectivity index (χ3n) is 4.28. The van der Waals surface area contributed by atoms with E-state index in [-0.39, 0.29) is 23.8 Å². The molecular formula is C20H26N2O4S. The number of anilines is 1. The lowest BCUT2D eigenvalue weighted by Gasteiger charge is -2.14. The molecule has 0 aliphatic rings. The van der Waals surface area contributed by atoms with Crippen LogP contribution in [0.5, 0.6) is 5.75 Å². The van der Waals surface area contributed by atoms with Gasteiger partial charge in [0.2, 0.25) is 15.9 Å². The zero-order chi connectivity index (χ0) is 19.9. The summed E-state index contributed by atoms with van der Waals surface area (Å²) in [5.74, 6) is 0.359. The highest BCUT2D eigenvalue weighted by molar-refractivity contribution is 7.89. The van der Waals surface area contributed by atoms with Crippen LogP contribution in [-0.4, -0.2) is 28.0 Å². The van der Waals surface area contributed by atoms with E-state index in [0.717, 1.165) is 29.7 Å². The first-order valence-electron chi connectivity index (χ1n) is 8.95. The number of hydrogen-bond donors (Lipinski definition) is 2. The van der Waals surface area contributed by atoms with Gasteiger partial charge in [-0.3, -0.25) is 4.79 Å². The van der Waals surface area contributed by atoms with E-state index in [0.29, 0.717) is 5.75 Å². The summed E-state index contributed by atoms with van der Waals surface area (Å²) in [5, 5.41) is 2.93. The van der Waals surface area contributed by atoms with Crippen LogP contribution in [0.25, 0.3) is 0 Å². The number of rotatable bonds is 9. The minimum Gasteiger partial charge on any atom is -0.497 e. The van der Waals surface area contributed by atoms with Gasteiger partial charge >= 0.3 is 0 Å². The maximum absolute atomic E-state index is 12.3. The normalized spacial score (nSPS) is 11.2. The highest BCUT2D eigenvalue weighted by Gasteiger charge is 2.15. The zero-order valence-corrected chi connectivity index (χ0v) is 16.7. The van der Waals surface area contributed by atoms with Crippen molar-refractivity contribution in [2.45, 2.75) is 38.0 Å². The number of hydrogen-bond acceptors (Lipinski definition) is 4. The molecule has 0 aliphatic heterocycles. The minimum atomic E-state index is -3.66. The van der Waals surface area contributed by atoms with E-state index >= 15 is 0 Å². The van der Waals surface area contributed by atoms with Crippen LogP contribution in [0.2, 0.25) is 0 Å². The van der Waals surface area contributed by atoms with Gasteiger partial charge < -0.3 is 10.1 Å². The number of aryl methyl sites for hydroxylation is 2. The summed E-state index contributed by atoms with van der Waals surface area (Å²) in [7, 11) is -2.15. The van der Waals surface area contributed by atoms with Crippen molar-refractivity contribution >= 4 is 21.6 Å². The summed E-state index contributed by atoms with van der Waals surface area (Å²) in [6.07, 6.45) is 1.68. The van der Waals surface area contributed by atoms with Gasteiger partial charge in [0.15, 0.2) is 0 Å². The van der Waals surface area contributed by atoms with Gasteiger partial charge in [0.25, 0.3) is 0 Å². The number of ether oxygens (including phenoxy) is 1. The molecule has 146 valence electrons. The Kier molecular flexibility index (Phi) is 7.38. The second-order valence-corrected chi connectivity index (χ2v) is 7.80. The van der Waals surface area contributed by atoms with Crippen LogP contribution in [0.1, 0.15) is 31.4 Å². The van der Waals surface area contributed by atoms with Crippen LogP contribution < -0.4 is 14.8 Å². The fraction of sp³-hybridized carbons (Fsp3) is 0.350. The standard InChI is InChI=1S/C20H26N2O4S/c1-4-15-7-6-8-16(5-2)20(15)22-19(23)13-14-21-27(24,25)18-11-9-17(26-3)10-12-18/h6-12,21H,4-5,13-14H2,1-3H3,(H,22,23). The summed E-state index contributed by atoms with van der Waals surface area (Å²) < 4.78 is 32.1. The predicted molar refractivity (Wildman–Crippen MR) is 107 cm³/mol. The molecule has 0 spiro atoms. The molecule has 2 aromatic rings. The van der Waals surface area contributed by atoms with Crippen molar-refractivity contribution in [1.82, 2.24) is 4.72 Å². The number of carbonyl (C=O) groups excluding carboxylic acids is 1. The molecule has 0 unspecified atom stereocenters. The molecule has 7 heteroatoms. The Balaban J connectivity index is 1.96. The third-order valence-corrected chi connectivity index (χ3v) is 5.75. The Morgan fingerprint density at radius 3 is 2.11 bits per heavy atom. The van der Waals surface area contributed by atoms with Gasteiger partial charge in [0.05, 0.1) is 12.0 Å². The molecule has 6 nitrogen and oxygen atoms in total. The van der Waals surface area contributed by atoms with Crippen LogP contribution in [0.3, 0.4) is 0 Å². The average Bonchev–Trinajstić information content (AvgIpc) is 2.68. The van der Waals surface area contributed by atoms with Crippen molar-refractivity contribution in [3.05, 3.63) is 53.6 Å². The molecule has 2 N–H and O–H groups in total. The second kappa shape index (κ2) is 9.53. The molecule has 0 fully saturated rings. The van der Waals surface area contributed by atoms with Crippen LogP contribution in [0.4, 0.5) is 5.69 Å². The molecule has 1 amide bonds. The lowest BCUT2D eigenvalue weighted by molar-refractivity contribution is -0.116. The van der Waals surface area contributed by atoms with Gasteiger partial charge in [0.1, 0.15) is 5.75 Å². The monoisotopic (exact) mass is 390 g/mol. The summed E-state index contributed by atoms with van der Waals surface area (Å²) in [4.78, 5) is 12.4. The van der Waals surface area contributed by atoms with E-state index in [1.54, 1.807) is 12.1 Å². The fourth-order valence-electron chi connectivity index (χ4n) is 2.74. The molecule has 0 aliphatic carbocycles. The Morgan fingerprint density at radius 2 is 1.59 bits per heavy atom. The Bertz CT molecular complexity index is 855. The minimum absolute atomic E-state index is 0.0238. The number of carbonyl (C=O) groups is 1. The third kappa shape index (κ3) is 5.55. The first-order valence-corrected chi connectivity index (χ1v) is 10.4. The zero-order valence-electron chi connectivity index (χ0n) is 15.9. The summed E-state index contributed by atoms with van der Waals surface area (Å²) in [5.41, 5.74) is 2.98. The average molecular weight is 391 g/mol. The van der Waals surface area contributed by atoms with Crippen molar-refractivity contribution in [3.63, 3.8) is 0 Å². The van der Waals surface area contributed by atoms with Crippen molar-refractivity contribution in [3.8, 4) is 5.75 Å². The van der Waals surface area contributed by atoms with Crippen LogP contribution in [0, 0.1) is 0 Å². The SMILES string of the molecule is CCc1cccc(CC)c1NC(=O)CCNS(=O)(=O)c1ccc(OC)cc1. The molecule has 2 rings (SSSR count). The Labute approximate surface area is 161 Å². The number of amides is 1. The highest BCUT2D eigenvalue weighted by atomic mass is 32.2. The first kappa shape index (κ1) is 20.9. The van der Waals surface area contributed by atoms with Gasteiger partial charge in [0, 0.05) is 18.7 Å². The highest BCUT2D eigenvalue weighted by Crippen LogP contribution is 2.22. The molecule has 0 heterocycles. The molecule has 0 atom stereocenters. The maximum Gasteiger partial charge on any atom is 0.240 e. The number of sulfonamides is 1. The molecule has 0 bridgehead atoms. The largest absolute Gasteiger partial charge is 0.497 e. The van der Waals surface area contributed by atoms with E-state index in [1.165, 1.54) is 19.2 Å². The molecular weight excluding hydrogens is 364 g/mol. The van der Waals surface area contributed by atoms with Crippen molar-refractivity contribution in [2.75, 3.05) is 19.0 Å². The van der Waals surface area contributed by atoms with E-state index < -0.39 is 10.0 Å². The topological polar surface area (TPSA) is 84.5 Å². The number of para-hydroxylation sites is 1. The van der Waals surface area contributed by atoms with Crippen molar-refractivity contribution in [1.29, 1.82) is 0 Å². The van der Waals surface area contributed by atoms with E-state index in [4.69, 9.17) is 4.74 Å². The van der Waals surface area contributed by atoms with E-state index in [1.807, 2.05) is 32.0 Å². The molecule has 0 saturated heterocycles. The smallest absolute Gasteiger partial charge is 0.240 e. The molecule has 27 heavy (non-hydrogen) atoms. The Hall–Kier alpha value is -2.38. The Morgan fingerprint density at radius 1 is 1.00 bits per heavy atom. The predicted octanol–water partition coefficient (Wildman–Crippen LogP) is 3.13. The summed E-state index contributed by atoms with van der Waals surface area (Å²) in [6, 6.07) is 12.0. The molecule has 0 saturated carbocycles.